The number of likely N-dealkylation sites (tertiary alicyclic amines) is 1. The van der Waals surface area contributed by atoms with E-state index in [0.29, 0.717) is 43.7 Å². The van der Waals surface area contributed by atoms with Crippen LogP contribution in [0.15, 0.2) is 91.3 Å². The maximum atomic E-state index is 15.1. The Morgan fingerprint density at radius 2 is 1.51 bits per heavy atom. The number of para-hydroxylation sites is 2. The van der Waals surface area contributed by atoms with E-state index in [1.54, 1.807) is 7.11 Å². The lowest BCUT2D eigenvalue weighted by molar-refractivity contribution is -0.155. The molecule has 2 aliphatic rings. The molecule has 55 heavy (non-hydrogen) atoms. The number of pyridine rings is 1. The highest BCUT2D eigenvalue weighted by molar-refractivity contribution is 5.97. The molecule has 2 amide bonds. The van der Waals surface area contributed by atoms with Crippen LogP contribution in [0.5, 0.6) is 11.5 Å². The first kappa shape index (κ1) is 39.3. The highest BCUT2D eigenvalue weighted by Gasteiger charge is 2.56. The van der Waals surface area contributed by atoms with Crippen molar-refractivity contribution in [2.75, 3.05) is 64.5 Å². The predicted molar refractivity (Wildman–Crippen MR) is 186 cm³/mol. The molecule has 0 saturated carbocycles. The van der Waals surface area contributed by atoms with Crippen LogP contribution in [0.1, 0.15) is 39.4 Å². The second kappa shape index (κ2) is 16.2. The number of hydrogen-bond donors (Lipinski definition) is 0. The summed E-state index contributed by atoms with van der Waals surface area (Å²) in [5, 5.41) is 0. The van der Waals surface area contributed by atoms with Crippen LogP contribution >= 0.6 is 0 Å². The SMILES string of the molecule is COCCOc1ccccc1N1CCN(C(=O)[C@@]2(Oc3ccc(C(F)(F)F)cc3)CN(C(=O)c3cnccc3C(F)(F)F)CCC2c2ccc(F)cc2)CC1. The zero-order valence-electron chi connectivity index (χ0n) is 29.6. The number of piperidine rings is 1. The largest absolute Gasteiger partial charge is 0.489 e. The highest BCUT2D eigenvalue weighted by atomic mass is 19.4. The molecular weight excluding hydrogens is 737 g/mol. The van der Waals surface area contributed by atoms with Crippen LogP contribution in [0.2, 0.25) is 0 Å². The van der Waals surface area contributed by atoms with Gasteiger partial charge in [0.2, 0.25) is 5.60 Å². The van der Waals surface area contributed by atoms with Gasteiger partial charge in [0.05, 0.1) is 35.5 Å². The molecule has 0 radical (unpaired) electrons. The lowest BCUT2D eigenvalue weighted by Gasteiger charge is -2.49. The van der Waals surface area contributed by atoms with Gasteiger partial charge in [-0.15, -0.1) is 0 Å². The van der Waals surface area contributed by atoms with Crippen LogP contribution in [-0.4, -0.2) is 91.8 Å². The van der Waals surface area contributed by atoms with Crippen LogP contribution in [0.25, 0.3) is 0 Å². The number of aromatic nitrogens is 1. The van der Waals surface area contributed by atoms with Gasteiger partial charge in [-0.05, 0) is 66.6 Å². The number of benzene rings is 3. The van der Waals surface area contributed by atoms with Crippen LogP contribution in [0, 0.1) is 5.82 Å². The summed E-state index contributed by atoms with van der Waals surface area (Å²) in [4.78, 5) is 37.4. The molecule has 6 rings (SSSR count). The van der Waals surface area contributed by atoms with Gasteiger partial charge in [-0.2, -0.15) is 26.3 Å². The standard InChI is InChI=1S/C39H37F7N4O5/c1-53-22-23-54-34-5-3-2-4-33(34)48-18-20-49(21-19-48)36(52)37(55-29-12-8-27(9-13-29)38(41,42)43)25-50(17-15-31(37)26-6-10-28(40)11-7-26)35(51)30-24-47-16-14-32(30)39(44,45)46/h2-14,16,24,31H,15,17-23,25H2,1H3/t31?,37-/m1/s1. The number of methoxy groups -OCH3 is 1. The molecule has 4 aromatic rings. The smallest absolute Gasteiger partial charge is 0.417 e. The topological polar surface area (TPSA) is 84.4 Å². The molecule has 0 spiro atoms. The van der Waals surface area contributed by atoms with Crippen molar-refractivity contribution in [3.63, 3.8) is 0 Å². The average molecular weight is 775 g/mol. The first-order valence-corrected chi connectivity index (χ1v) is 17.4. The van der Waals surface area contributed by atoms with Crippen molar-refractivity contribution < 1.29 is 54.5 Å². The predicted octanol–water partition coefficient (Wildman–Crippen LogP) is 7.08. The van der Waals surface area contributed by atoms with Crippen molar-refractivity contribution in [1.29, 1.82) is 0 Å². The van der Waals surface area contributed by atoms with Gasteiger partial charge >= 0.3 is 12.4 Å². The Kier molecular flexibility index (Phi) is 11.5. The summed E-state index contributed by atoms with van der Waals surface area (Å²) < 4.78 is 114. The summed E-state index contributed by atoms with van der Waals surface area (Å²) in [5.74, 6) is -2.76. The van der Waals surface area contributed by atoms with Crippen LogP contribution in [0.3, 0.4) is 0 Å². The maximum Gasteiger partial charge on any atom is 0.417 e. The second-order valence-electron chi connectivity index (χ2n) is 13.1. The fourth-order valence-electron chi connectivity index (χ4n) is 7.06. The van der Waals surface area contributed by atoms with Crippen molar-refractivity contribution >= 4 is 17.5 Å². The number of carbonyl (C=O) groups is 2. The van der Waals surface area contributed by atoms with Gasteiger partial charge in [0, 0.05) is 58.1 Å². The normalized spacial score (nSPS) is 19.3. The van der Waals surface area contributed by atoms with E-state index in [1.807, 2.05) is 29.2 Å². The number of halogens is 7. The van der Waals surface area contributed by atoms with E-state index in [0.717, 1.165) is 47.2 Å². The number of alkyl halides is 6. The number of rotatable bonds is 10. The van der Waals surface area contributed by atoms with E-state index in [4.69, 9.17) is 14.2 Å². The number of anilines is 1. The fraction of sp³-hybridized carbons (Fsp3) is 0.359. The molecule has 16 heteroatoms. The third-order valence-corrected chi connectivity index (χ3v) is 9.75. The first-order chi connectivity index (χ1) is 26.2. The van der Waals surface area contributed by atoms with Crippen LogP contribution < -0.4 is 14.4 Å². The zero-order valence-corrected chi connectivity index (χ0v) is 29.6. The van der Waals surface area contributed by atoms with Gasteiger partial charge in [0.25, 0.3) is 11.8 Å². The molecule has 9 nitrogen and oxygen atoms in total. The Labute approximate surface area is 312 Å². The van der Waals surface area contributed by atoms with Gasteiger partial charge < -0.3 is 28.9 Å². The summed E-state index contributed by atoms with van der Waals surface area (Å²) >= 11 is 0. The Balaban J connectivity index is 1.39. The Bertz CT molecular complexity index is 1950. The number of piperazine rings is 1. The molecular formula is C39H37F7N4O5. The van der Waals surface area contributed by atoms with E-state index in [-0.39, 0.29) is 31.8 Å². The molecule has 292 valence electrons. The molecule has 3 aromatic carbocycles. The van der Waals surface area contributed by atoms with Gasteiger partial charge in [-0.1, -0.05) is 24.3 Å². The summed E-state index contributed by atoms with van der Waals surface area (Å²) in [6.07, 6.45) is -7.91. The van der Waals surface area contributed by atoms with E-state index in [1.165, 1.54) is 29.2 Å². The molecule has 2 fully saturated rings. The Morgan fingerprint density at radius 1 is 0.818 bits per heavy atom. The van der Waals surface area contributed by atoms with Crippen molar-refractivity contribution in [1.82, 2.24) is 14.8 Å². The molecule has 0 aliphatic carbocycles. The van der Waals surface area contributed by atoms with Crippen LogP contribution in [0.4, 0.5) is 36.4 Å². The maximum absolute atomic E-state index is 15.1. The van der Waals surface area contributed by atoms with E-state index >= 15 is 4.79 Å². The van der Waals surface area contributed by atoms with E-state index < -0.39 is 64.7 Å². The van der Waals surface area contributed by atoms with Crippen molar-refractivity contribution in [2.24, 2.45) is 0 Å². The monoisotopic (exact) mass is 774 g/mol. The Hall–Kier alpha value is -5.38. The number of nitrogens with zero attached hydrogens (tertiary/aromatic N) is 4. The van der Waals surface area contributed by atoms with Crippen molar-refractivity contribution in [3.8, 4) is 11.5 Å². The molecule has 1 unspecified atom stereocenters. The van der Waals surface area contributed by atoms with Crippen LogP contribution in [-0.2, 0) is 21.9 Å². The molecule has 3 heterocycles. The summed E-state index contributed by atoms with van der Waals surface area (Å²) in [6, 6.07) is 16.9. The molecule has 0 N–H and O–H groups in total. The van der Waals surface area contributed by atoms with Gasteiger partial charge in [-0.3, -0.25) is 14.6 Å². The van der Waals surface area contributed by atoms with Gasteiger partial charge in [0.1, 0.15) is 23.9 Å². The van der Waals surface area contributed by atoms with Gasteiger partial charge in [0.15, 0.2) is 0 Å². The summed E-state index contributed by atoms with van der Waals surface area (Å²) in [5.41, 5.74) is -3.84. The van der Waals surface area contributed by atoms with E-state index in [9.17, 15) is 35.5 Å². The third kappa shape index (κ3) is 8.64. The van der Waals surface area contributed by atoms with Crippen molar-refractivity contribution in [2.45, 2.75) is 30.3 Å². The zero-order chi connectivity index (χ0) is 39.4. The molecule has 2 saturated heterocycles. The minimum Gasteiger partial charge on any atom is -0.489 e. The third-order valence-electron chi connectivity index (χ3n) is 9.75. The summed E-state index contributed by atoms with van der Waals surface area (Å²) in [7, 11) is 1.56. The lowest BCUT2D eigenvalue weighted by Crippen LogP contribution is -2.67. The minimum atomic E-state index is -4.91. The molecule has 2 aliphatic heterocycles. The average Bonchev–Trinajstić information content (AvgIpc) is 3.17. The number of carbonyl (C=O) groups excluding carboxylic acids is 2. The molecule has 1 aromatic heterocycles. The summed E-state index contributed by atoms with van der Waals surface area (Å²) in [6.45, 7) is 0.859. The number of amides is 2. The first-order valence-electron chi connectivity index (χ1n) is 17.4. The second-order valence-corrected chi connectivity index (χ2v) is 13.1. The lowest BCUT2D eigenvalue weighted by atomic mass is 9.75. The molecule has 2 atom stereocenters. The number of hydrogen-bond acceptors (Lipinski definition) is 7. The van der Waals surface area contributed by atoms with Crippen molar-refractivity contribution in [3.05, 3.63) is 119 Å². The number of ether oxygens (including phenoxy) is 3. The fourth-order valence-corrected chi connectivity index (χ4v) is 7.06. The highest BCUT2D eigenvalue weighted by Crippen LogP contribution is 2.43. The van der Waals surface area contributed by atoms with E-state index in [2.05, 4.69) is 4.98 Å². The Morgan fingerprint density at radius 3 is 2.16 bits per heavy atom. The molecule has 0 bridgehead atoms. The van der Waals surface area contributed by atoms with Gasteiger partial charge in [-0.25, -0.2) is 4.39 Å². The minimum absolute atomic E-state index is 0.0302. The quantitative estimate of drug-likeness (QED) is 0.126.